The maximum absolute atomic E-state index is 9.93. The molecule has 1 heterocycles. The highest BCUT2D eigenvalue weighted by Crippen LogP contribution is 2.21. The van der Waals surface area contributed by atoms with Crippen LogP contribution in [0.2, 0.25) is 0 Å². The number of rotatable bonds is 3. The Morgan fingerprint density at radius 3 is 2.47 bits per heavy atom. The molecular weight excluding hydrogens is 349 g/mol. The number of likely N-dealkylation sites (tertiary alicyclic amines) is 1. The zero-order chi connectivity index (χ0) is 13.9. The molecule has 104 valence electrons. The van der Waals surface area contributed by atoms with Crippen molar-refractivity contribution in [1.29, 1.82) is 0 Å². The van der Waals surface area contributed by atoms with Gasteiger partial charge in [-0.15, -0.1) is 0 Å². The molecule has 0 aromatic heterocycles. The number of hydrogen-bond acceptors (Lipinski definition) is 2. The molecule has 3 heteroatoms. The lowest BCUT2D eigenvalue weighted by Gasteiger charge is -2.35. The van der Waals surface area contributed by atoms with Crippen LogP contribution in [0.5, 0.6) is 0 Å². The molecule has 0 amide bonds. The summed E-state index contributed by atoms with van der Waals surface area (Å²) in [5.74, 6) is 0. The summed E-state index contributed by atoms with van der Waals surface area (Å²) in [5.41, 5.74) is 2.17. The van der Waals surface area contributed by atoms with E-state index in [1.807, 2.05) is 6.92 Å². The first-order chi connectivity index (χ1) is 8.96. The Bertz CT molecular complexity index is 440. The van der Waals surface area contributed by atoms with E-state index >= 15 is 0 Å². The predicted octanol–water partition coefficient (Wildman–Crippen LogP) is 3.54. The molecule has 19 heavy (non-hydrogen) atoms. The first-order valence-corrected chi connectivity index (χ1v) is 7.92. The molecule has 1 aromatic carbocycles. The van der Waals surface area contributed by atoms with E-state index in [4.69, 9.17) is 0 Å². The highest BCUT2D eigenvalue weighted by molar-refractivity contribution is 14.1. The number of piperidine rings is 1. The first kappa shape index (κ1) is 15.0. The van der Waals surface area contributed by atoms with Crippen molar-refractivity contribution in [1.82, 2.24) is 4.90 Å². The molecule has 0 spiro atoms. The Morgan fingerprint density at radius 2 is 1.89 bits per heavy atom. The van der Waals surface area contributed by atoms with Crippen LogP contribution in [-0.2, 0) is 0 Å². The Morgan fingerprint density at radius 1 is 1.32 bits per heavy atom. The predicted molar refractivity (Wildman–Crippen MR) is 89.1 cm³/mol. The van der Waals surface area contributed by atoms with Gasteiger partial charge in [0, 0.05) is 23.2 Å². The second kappa shape index (κ2) is 6.37. The summed E-state index contributed by atoms with van der Waals surface area (Å²) in [6, 6.07) is 8.64. The largest absolute Gasteiger partial charge is 0.390 e. The molecule has 1 saturated heterocycles. The topological polar surface area (TPSA) is 23.5 Å². The van der Waals surface area contributed by atoms with Gasteiger partial charge < -0.3 is 5.11 Å². The minimum absolute atomic E-state index is 0.453. The standard InChI is InChI=1S/C16H22INO/c1-13(14-3-5-15(17)6-4-14)7-10-18-11-8-16(2,19)9-12-18/h3-7,19H,8-12H2,1-2H3/b13-7+. The van der Waals surface area contributed by atoms with E-state index in [1.54, 1.807) is 0 Å². The lowest BCUT2D eigenvalue weighted by atomic mass is 9.94. The molecule has 0 bridgehead atoms. The molecular formula is C16H22INO. The van der Waals surface area contributed by atoms with Crippen LogP contribution >= 0.6 is 22.6 Å². The number of aliphatic hydroxyl groups is 1. The summed E-state index contributed by atoms with van der Waals surface area (Å²) >= 11 is 2.33. The lowest BCUT2D eigenvalue weighted by molar-refractivity contribution is -0.00242. The molecule has 1 aliphatic rings. The average Bonchev–Trinajstić information content (AvgIpc) is 2.38. The molecule has 0 atom stereocenters. The van der Waals surface area contributed by atoms with Gasteiger partial charge in [-0.05, 0) is 72.5 Å². The third-order valence-electron chi connectivity index (χ3n) is 3.89. The molecule has 1 fully saturated rings. The van der Waals surface area contributed by atoms with Crippen LogP contribution in [-0.4, -0.2) is 35.2 Å². The van der Waals surface area contributed by atoms with Crippen molar-refractivity contribution in [3.8, 4) is 0 Å². The summed E-state index contributed by atoms with van der Waals surface area (Å²) < 4.78 is 1.27. The summed E-state index contributed by atoms with van der Waals surface area (Å²) in [4.78, 5) is 2.41. The molecule has 1 N–H and O–H groups in total. The molecule has 1 aliphatic heterocycles. The molecule has 1 aromatic rings. The zero-order valence-corrected chi connectivity index (χ0v) is 13.9. The van der Waals surface area contributed by atoms with Gasteiger partial charge in [0.1, 0.15) is 0 Å². The second-order valence-corrected chi connectivity index (χ2v) is 6.94. The molecule has 2 nitrogen and oxygen atoms in total. The van der Waals surface area contributed by atoms with Gasteiger partial charge in [-0.3, -0.25) is 4.90 Å². The maximum atomic E-state index is 9.93. The third kappa shape index (κ3) is 4.58. The lowest BCUT2D eigenvalue weighted by Crippen LogP contribution is -2.42. The van der Waals surface area contributed by atoms with Gasteiger partial charge in [-0.1, -0.05) is 18.2 Å². The van der Waals surface area contributed by atoms with E-state index in [1.165, 1.54) is 14.7 Å². The molecule has 0 unspecified atom stereocenters. The number of halogens is 1. The summed E-state index contributed by atoms with van der Waals surface area (Å²) in [6.45, 7) is 7.07. The Kier molecular flexibility index (Phi) is 5.03. The Hall–Kier alpha value is -0.390. The normalized spacial score (nSPS) is 20.5. The summed E-state index contributed by atoms with van der Waals surface area (Å²) in [7, 11) is 0. The number of nitrogens with zero attached hydrogens (tertiary/aromatic N) is 1. The Balaban J connectivity index is 1.90. The van der Waals surface area contributed by atoms with Crippen LogP contribution in [0, 0.1) is 3.57 Å². The van der Waals surface area contributed by atoms with Crippen molar-refractivity contribution < 1.29 is 5.11 Å². The first-order valence-electron chi connectivity index (χ1n) is 6.84. The second-order valence-electron chi connectivity index (χ2n) is 5.69. The molecule has 0 radical (unpaired) electrons. The van der Waals surface area contributed by atoms with Crippen LogP contribution in [0.3, 0.4) is 0 Å². The van der Waals surface area contributed by atoms with Crippen molar-refractivity contribution >= 4 is 28.2 Å². The number of allylic oxidation sites excluding steroid dienone is 1. The summed E-state index contributed by atoms with van der Waals surface area (Å²) in [5, 5.41) is 9.93. The SMILES string of the molecule is C/C(=C\CN1CCC(C)(O)CC1)c1ccc(I)cc1. The van der Waals surface area contributed by atoms with Crippen LogP contribution < -0.4 is 0 Å². The van der Waals surface area contributed by atoms with Crippen LogP contribution in [0.1, 0.15) is 32.3 Å². The minimum atomic E-state index is -0.453. The van der Waals surface area contributed by atoms with E-state index in [-0.39, 0.29) is 0 Å². The summed E-state index contributed by atoms with van der Waals surface area (Å²) in [6.07, 6.45) is 4.05. The molecule has 2 rings (SSSR count). The monoisotopic (exact) mass is 371 g/mol. The third-order valence-corrected chi connectivity index (χ3v) is 4.61. The van der Waals surface area contributed by atoms with Crippen molar-refractivity contribution in [2.24, 2.45) is 0 Å². The fourth-order valence-corrected chi connectivity index (χ4v) is 2.67. The Labute approximate surface area is 129 Å². The van der Waals surface area contributed by atoms with E-state index in [0.29, 0.717) is 0 Å². The van der Waals surface area contributed by atoms with E-state index in [0.717, 1.165) is 32.5 Å². The van der Waals surface area contributed by atoms with Crippen LogP contribution in [0.15, 0.2) is 30.3 Å². The maximum Gasteiger partial charge on any atom is 0.0644 e. The zero-order valence-electron chi connectivity index (χ0n) is 11.7. The van der Waals surface area contributed by atoms with Crippen molar-refractivity contribution in [3.63, 3.8) is 0 Å². The van der Waals surface area contributed by atoms with Crippen molar-refractivity contribution in [2.75, 3.05) is 19.6 Å². The van der Waals surface area contributed by atoms with Gasteiger partial charge in [-0.2, -0.15) is 0 Å². The van der Waals surface area contributed by atoms with Gasteiger partial charge in [0.05, 0.1) is 5.60 Å². The number of benzene rings is 1. The number of hydrogen-bond donors (Lipinski definition) is 1. The fourth-order valence-electron chi connectivity index (χ4n) is 2.31. The van der Waals surface area contributed by atoms with Crippen LogP contribution in [0.4, 0.5) is 0 Å². The highest BCUT2D eigenvalue weighted by atomic mass is 127. The van der Waals surface area contributed by atoms with Crippen molar-refractivity contribution in [3.05, 3.63) is 39.5 Å². The van der Waals surface area contributed by atoms with E-state index < -0.39 is 5.60 Å². The molecule has 0 aliphatic carbocycles. The fraction of sp³-hybridized carbons (Fsp3) is 0.500. The minimum Gasteiger partial charge on any atom is -0.390 e. The van der Waals surface area contributed by atoms with Crippen molar-refractivity contribution in [2.45, 2.75) is 32.3 Å². The quantitative estimate of drug-likeness (QED) is 0.822. The van der Waals surface area contributed by atoms with Gasteiger partial charge >= 0.3 is 0 Å². The van der Waals surface area contributed by atoms with E-state index in [9.17, 15) is 5.11 Å². The van der Waals surface area contributed by atoms with Gasteiger partial charge in [0.2, 0.25) is 0 Å². The smallest absolute Gasteiger partial charge is 0.0644 e. The molecule has 0 saturated carbocycles. The highest BCUT2D eigenvalue weighted by Gasteiger charge is 2.26. The van der Waals surface area contributed by atoms with Gasteiger partial charge in [0.25, 0.3) is 0 Å². The van der Waals surface area contributed by atoms with Gasteiger partial charge in [0.15, 0.2) is 0 Å². The van der Waals surface area contributed by atoms with Crippen LogP contribution in [0.25, 0.3) is 5.57 Å². The van der Waals surface area contributed by atoms with Gasteiger partial charge in [-0.25, -0.2) is 0 Å². The van der Waals surface area contributed by atoms with E-state index in [2.05, 4.69) is 64.8 Å². The average molecular weight is 371 g/mol.